The summed E-state index contributed by atoms with van der Waals surface area (Å²) in [5, 5.41) is 11.6. The molecule has 0 heterocycles. The highest BCUT2D eigenvalue weighted by Crippen LogP contribution is 2.17. The first-order valence-electron chi connectivity index (χ1n) is 24.6. The van der Waals surface area contributed by atoms with E-state index in [1.165, 1.54) is 173 Å². The molecule has 0 spiro atoms. The third-order valence-electron chi connectivity index (χ3n) is 11.5. The number of hydrogen-bond donors (Lipinski definition) is 0. The smallest absolute Gasteiger partial charge is 0.306 e. The van der Waals surface area contributed by atoms with Gasteiger partial charge in [-0.05, 0) is 12.8 Å². The summed E-state index contributed by atoms with van der Waals surface area (Å²) in [6.07, 6.45) is 42.7. The summed E-state index contributed by atoms with van der Waals surface area (Å²) in [5.41, 5.74) is 0. The average molecular weight is 810 g/mol. The van der Waals surface area contributed by atoms with Gasteiger partial charge in [-0.3, -0.25) is 9.59 Å². The number of nitrogens with zero attached hydrogens (tertiary/aromatic N) is 1. The van der Waals surface area contributed by atoms with Crippen LogP contribution < -0.4 is 5.11 Å². The highest BCUT2D eigenvalue weighted by Gasteiger charge is 2.25. The van der Waals surface area contributed by atoms with Crippen molar-refractivity contribution < 1.29 is 38.2 Å². The Balaban J connectivity index is 4.18. The van der Waals surface area contributed by atoms with E-state index in [1.807, 2.05) is 21.1 Å². The molecule has 0 aliphatic carbocycles. The number of esters is 2. The number of rotatable bonds is 45. The van der Waals surface area contributed by atoms with Crippen LogP contribution in [-0.4, -0.2) is 75.5 Å². The molecule has 2 unspecified atom stereocenters. The zero-order valence-corrected chi connectivity index (χ0v) is 38.5. The molecule has 8 nitrogen and oxygen atoms in total. The van der Waals surface area contributed by atoms with Gasteiger partial charge in [0.2, 0.25) is 0 Å². The predicted octanol–water partition coefficient (Wildman–Crippen LogP) is 12.4. The molecule has 338 valence electrons. The fourth-order valence-corrected chi connectivity index (χ4v) is 7.66. The van der Waals surface area contributed by atoms with Crippen LogP contribution >= 0.6 is 0 Å². The Labute approximate surface area is 353 Å². The number of likely N-dealkylation sites (N-methyl/N-ethyl adjacent to an activating group) is 1. The number of hydrogen-bond acceptors (Lipinski definition) is 7. The van der Waals surface area contributed by atoms with Crippen molar-refractivity contribution in [3.05, 3.63) is 0 Å². The average Bonchev–Trinajstić information content (AvgIpc) is 3.17. The Bertz CT molecular complexity index is 905. The minimum atomic E-state index is -1.12. The minimum absolute atomic E-state index is 0.0494. The monoisotopic (exact) mass is 810 g/mol. The van der Waals surface area contributed by atoms with Crippen molar-refractivity contribution in [2.75, 3.05) is 41.0 Å². The zero-order valence-electron chi connectivity index (χ0n) is 38.5. The number of aliphatic carboxylic acids is 1. The van der Waals surface area contributed by atoms with Crippen molar-refractivity contribution in [3.8, 4) is 0 Å². The third kappa shape index (κ3) is 39.6. The van der Waals surface area contributed by atoms with Gasteiger partial charge in [0, 0.05) is 19.3 Å². The number of carbonyl (C=O) groups excluding carboxylic acids is 3. The van der Waals surface area contributed by atoms with E-state index in [0.717, 1.165) is 38.5 Å². The Hall–Kier alpha value is -1.67. The van der Waals surface area contributed by atoms with Crippen LogP contribution in [0, 0.1) is 0 Å². The second-order valence-corrected chi connectivity index (χ2v) is 18.1. The van der Waals surface area contributed by atoms with Crippen molar-refractivity contribution in [2.24, 2.45) is 0 Å². The normalized spacial score (nSPS) is 12.8. The minimum Gasteiger partial charge on any atom is -0.544 e. The molecule has 0 aliphatic heterocycles. The third-order valence-corrected chi connectivity index (χ3v) is 11.5. The van der Waals surface area contributed by atoms with E-state index < -0.39 is 18.1 Å². The van der Waals surface area contributed by atoms with E-state index in [0.29, 0.717) is 12.8 Å². The first kappa shape index (κ1) is 55.3. The molecule has 0 saturated carbocycles. The molecular weight excluding hydrogens is 715 g/mol. The zero-order chi connectivity index (χ0) is 42.1. The molecule has 0 aromatic heterocycles. The molecule has 57 heavy (non-hydrogen) atoms. The van der Waals surface area contributed by atoms with Gasteiger partial charge in [0.25, 0.3) is 0 Å². The van der Waals surface area contributed by atoms with Gasteiger partial charge in [0.1, 0.15) is 12.6 Å². The van der Waals surface area contributed by atoms with E-state index >= 15 is 0 Å². The first-order valence-corrected chi connectivity index (χ1v) is 24.6. The summed E-state index contributed by atoms with van der Waals surface area (Å²) in [6, 6.07) is -0.719. The van der Waals surface area contributed by atoms with E-state index in [1.54, 1.807) is 0 Å². The number of carboxylic acids is 1. The van der Waals surface area contributed by atoms with Crippen LogP contribution in [0.1, 0.15) is 245 Å². The molecule has 0 aromatic rings. The molecule has 0 radical (unpaired) electrons. The Morgan fingerprint density at radius 1 is 0.456 bits per heavy atom. The summed E-state index contributed by atoms with van der Waals surface area (Å²) in [5.74, 6) is -1.71. The van der Waals surface area contributed by atoms with Crippen LogP contribution in [0.15, 0.2) is 0 Å². The Kier molecular flexibility index (Phi) is 39.9. The maximum Gasteiger partial charge on any atom is 0.306 e. The number of unbranched alkanes of at least 4 members (excludes halogenated alkanes) is 31. The Morgan fingerprint density at radius 3 is 1.09 bits per heavy atom. The standard InChI is InChI=1S/C49H95NO7/c1-6-8-10-12-14-16-18-20-21-22-23-24-25-26-28-29-31-33-35-37-39-47(51)56-44-45(43-55-42-41-46(49(53)54)50(3,4)5)57-48(52)40-38-36-34-32-30-27-19-17-15-13-11-9-7-2/h45-46H,6-44H2,1-5H3. The SMILES string of the molecule is CCCCCCCCCCCCCCCCCCCCCCC(=O)OCC(COCCC(C(=O)[O-])[N+](C)(C)C)OC(=O)CCCCCCCCCCCCCCC. The fraction of sp³-hybridized carbons (Fsp3) is 0.939. The molecule has 0 bridgehead atoms. The van der Waals surface area contributed by atoms with Crippen molar-refractivity contribution in [1.82, 2.24) is 0 Å². The van der Waals surface area contributed by atoms with Crippen LogP contribution in [0.25, 0.3) is 0 Å². The lowest BCUT2D eigenvalue weighted by molar-refractivity contribution is -0.889. The van der Waals surface area contributed by atoms with Crippen molar-refractivity contribution in [2.45, 2.75) is 257 Å². The van der Waals surface area contributed by atoms with Crippen molar-refractivity contribution in [1.29, 1.82) is 0 Å². The maximum atomic E-state index is 12.7. The highest BCUT2D eigenvalue weighted by molar-refractivity contribution is 5.70. The van der Waals surface area contributed by atoms with E-state index in [9.17, 15) is 19.5 Å². The van der Waals surface area contributed by atoms with E-state index in [2.05, 4.69) is 13.8 Å². The van der Waals surface area contributed by atoms with Gasteiger partial charge in [-0.1, -0.05) is 213 Å². The lowest BCUT2D eigenvalue weighted by atomic mass is 10.0. The number of carbonyl (C=O) groups is 3. The molecule has 0 N–H and O–H groups in total. The number of carboxylic acid groups (broad SMARTS) is 1. The van der Waals surface area contributed by atoms with Gasteiger partial charge in [0.05, 0.1) is 40.3 Å². The van der Waals surface area contributed by atoms with Crippen LogP contribution in [0.5, 0.6) is 0 Å². The highest BCUT2D eigenvalue weighted by atomic mass is 16.6. The lowest BCUT2D eigenvalue weighted by Gasteiger charge is -2.34. The topological polar surface area (TPSA) is 102 Å². The molecule has 8 heteroatoms. The fourth-order valence-electron chi connectivity index (χ4n) is 7.66. The van der Waals surface area contributed by atoms with Gasteiger partial charge >= 0.3 is 11.9 Å². The first-order chi connectivity index (χ1) is 27.6. The molecular formula is C49H95NO7. The van der Waals surface area contributed by atoms with Gasteiger partial charge < -0.3 is 28.6 Å². The van der Waals surface area contributed by atoms with Crippen LogP contribution in [0.2, 0.25) is 0 Å². The molecule has 0 aliphatic rings. The molecule has 2 atom stereocenters. The van der Waals surface area contributed by atoms with E-state index in [-0.39, 0.29) is 42.7 Å². The number of ether oxygens (including phenoxy) is 3. The predicted molar refractivity (Wildman–Crippen MR) is 236 cm³/mol. The second kappa shape index (κ2) is 41.1. The van der Waals surface area contributed by atoms with Crippen molar-refractivity contribution >= 4 is 17.9 Å². The second-order valence-electron chi connectivity index (χ2n) is 18.1. The molecule has 0 saturated heterocycles. The van der Waals surface area contributed by atoms with E-state index in [4.69, 9.17) is 14.2 Å². The van der Waals surface area contributed by atoms with Crippen LogP contribution in [0.3, 0.4) is 0 Å². The molecule has 0 fully saturated rings. The van der Waals surface area contributed by atoms with Gasteiger partial charge in [-0.2, -0.15) is 0 Å². The van der Waals surface area contributed by atoms with Crippen molar-refractivity contribution in [3.63, 3.8) is 0 Å². The van der Waals surface area contributed by atoms with Gasteiger partial charge in [0.15, 0.2) is 6.10 Å². The lowest BCUT2D eigenvalue weighted by Crippen LogP contribution is -2.55. The molecule has 0 rings (SSSR count). The summed E-state index contributed by atoms with van der Waals surface area (Å²) in [7, 11) is 5.42. The quantitative estimate of drug-likeness (QED) is 0.0343. The Morgan fingerprint density at radius 2 is 0.772 bits per heavy atom. The number of quaternary nitrogens is 1. The van der Waals surface area contributed by atoms with Crippen LogP contribution in [-0.2, 0) is 28.6 Å². The largest absolute Gasteiger partial charge is 0.544 e. The van der Waals surface area contributed by atoms with Gasteiger partial charge in [-0.25, -0.2) is 0 Å². The van der Waals surface area contributed by atoms with Gasteiger partial charge in [-0.15, -0.1) is 0 Å². The maximum absolute atomic E-state index is 12.7. The summed E-state index contributed by atoms with van der Waals surface area (Å²) in [4.78, 5) is 36.9. The van der Waals surface area contributed by atoms with Crippen LogP contribution in [0.4, 0.5) is 0 Å². The molecule has 0 amide bonds. The summed E-state index contributed by atoms with van der Waals surface area (Å²) >= 11 is 0. The molecule has 0 aromatic carbocycles. The summed E-state index contributed by atoms with van der Waals surface area (Å²) < 4.78 is 17.2. The summed E-state index contributed by atoms with van der Waals surface area (Å²) in [6.45, 7) is 4.71.